The zero-order valence-corrected chi connectivity index (χ0v) is 14.8. The molecule has 140 valence electrons. The summed E-state index contributed by atoms with van der Waals surface area (Å²) < 4.78 is 0. The summed E-state index contributed by atoms with van der Waals surface area (Å²) in [6, 6.07) is -2.07. The molecular formula is C15H24N4O5S. The van der Waals surface area contributed by atoms with Gasteiger partial charge >= 0.3 is 5.97 Å². The first kappa shape index (κ1) is 19.5. The first-order chi connectivity index (χ1) is 11.9. The molecule has 0 spiro atoms. The van der Waals surface area contributed by atoms with Crippen molar-refractivity contribution in [2.45, 2.75) is 43.8 Å². The molecule has 3 unspecified atom stereocenters. The fourth-order valence-corrected chi connectivity index (χ4v) is 3.33. The summed E-state index contributed by atoms with van der Waals surface area (Å²) in [6.07, 6.45) is 2.79. The average molecular weight is 372 g/mol. The SMILES string of the molecule is O=C(O)C(CS)NC(=O)C1CCCN1C(=O)CNC(=O)C1CCCN1. The van der Waals surface area contributed by atoms with Gasteiger partial charge in [-0.05, 0) is 32.2 Å². The Morgan fingerprint density at radius 1 is 1.20 bits per heavy atom. The smallest absolute Gasteiger partial charge is 0.327 e. The van der Waals surface area contributed by atoms with E-state index in [0.29, 0.717) is 19.4 Å². The van der Waals surface area contributed by atoms with Gasteiger partial charge in [0.25, 0.3) is 0 Å². The first-order valence-electron chi connectivity index (χ1n) is 8.38. The van der Waals surface area contributed by atoms with Crippen LogP contribution in [0, 0.1) is 0 Å². The predicted octanol–water partition coefficient (Wildman–Crippen LogP) is -1.66. The van der Waals surface area contributed by atoms with E-state index in [4.69, 9.17) is 5.11 Å². The van der Waals surface area contributed by atoms with Gasteiger partial charge in [-0.25, -0.2) is 4.79 Å². The van der Waals surface area contributed by atoms with Gasteiger partial charge in [0.05, 0.1) is 12.6 Å². The lowest BCUT2D eigenvalue weighted by Crippen LogP contribution is -2.53. The zero-order chi connectivity index (χ0) is 18.4. The Labute approximate surface area is 151 Å². The highest BCUT2D eigenvalue weighted by atomic mass is 32.1. The molecule has 2 fully saturated rings. The molecule has 10 heteroatoms. The molecule has 0 radical (unpaired) electrons. The van der Waals surface area contributed by atoms with Crippen molar-refractivity contribution in [1.29, 1.82) is 0 Å². The molecule has 4 N–H and O–H groups in total. The Hall–Kier alpha value is -1.81. The summed E-state index contributed by atoms with van der Waals surface area (Å²) in [7, 11) is 0. The van der Waals surface area contributed by atoms with Gasteiger partial charge in [-0.1, -0.05) is 0 Å². The second-order valence-corrected chi connectivity index (χ2v) is 6.56. The number of nitrogens with zero attached hydrogens (tertiary/aromatic N) is 1. The van der Waals surface area contributed by atoms with Crippen molar-refractivity contribution in [3.8, 4) is 0 Å². The van der Waals surface area contributed by atoms with Gasteiger partial charge in [-0.15, -0.1) is 0 Å². The van der Waals surface area contributed by atoms with Crippen molar-refractivity contribution in [1.82, 2.24) is 20.9 Å². The standard InChI is InChI=1S/C15H24N4O5S/c20-12(7-17-13(21)9-3-1-5-16-9)19-6-2-4-11(19)14(22)18-10(8-25)15(23)24/h9-11,16,25H,1-8H2,(H,17,21)(H,18,22)(H,23,24). The number of carbonyl (C=O) groups excluding carboxylic acids is 3. The van der Waals surface area contributed by atoms with E-state index in [9.17, 15) is 19.2 Å². The highest BCUT2D eigenvalue weighted by Gasteiger charge is 2.35. The van der Waals surface area contributed by atoms with Crippen LogP contribution in [0.15, 0.2) is 0 Å². The Bertz CT molecular complexity index is 538. The number of carboxylic acids is 1. The molecule has 2 aliphatic rings. The van der Waals surface area contributed by atoms with E-state index in [-0.39, 0.29) is 30.2 Å². The minimum atomic E-state index is -1.17. The molecule has 9 nitrogen and oxygen atoms in total. The number of amides is 3. The number of hydrogen-bond acceptors (Lipinski definition) is 6. The summed E-state index contributed by atoms with van der Waals surface area (Å²) in [5, 5.41) is 17.0. The molecule has 0 aliphatic carbocycles. The van der Waals surface area contributed by atoms with Crippen LogP contribution < -0.4 is 16.0 Å². The van der Waals surface area contributed by atoms with Gasteiger partial charge in [0.1, 0.15) is 12.1 Å². The van der Waals surface area contributed by atoms with Gasteiger partial charge in [-0.2, -0.15) is 12.6 Å². The molecular weight excluding hydrogens is 348 g/mol. The van der Waals surface area contributed by atoms with Gasteiger partial charge < -0.3 is 26.0 Å². The minimum Gasteiger partial charge on any atom is -0.480 e. The summed E-state index contributed by atoms with van der Waals surface area (Å²) >= 11 is 3.90. The molecule has 2 aliphatic heterocycles. The summed E-state index contributed by atoms with van der Waals surface area (Å²) in [5.74, 6) is -2.27. The first-order valence-corrected chi connectivity index (χ1v) is 9.02. The van der Waals surface area contributed by atoms with Crippen molar-refractivity contribution in [3.63, 3.8) is 0 Å². The van der Waals surface area contributed by atoms with Crippen LogP contribution >= 0.6 is 12.6 Å². The lowest BCUT2D eigenvalue weighted by Gasteiger charge is -2.25. The number of thiol groups is 1. The fraction of sp³-hybridized carbons (Fsp3) is 0.733. The predicted molar refractivity (Wildman–Crippen MR) is 92.2 cm³/mol. The number of carbonyl (C=O) groups is 4. The largest absolute Gasteiger partial charge is 0.480 e. The van der Waals surface area contributed by atoms with Crippen LogP contribution in [0.5, 0.6) is 0 Å². The van der Waals surface area contributed by atoms with Gasteiger partial charge in [0, 0.05) is 12.3 Å². The average Bonchev–Trinajstić information content (AvgIpc) is 3.27. The zero-order valence-electron chi connectivity index (χ0n) is 13.9. The summed E-state index contributed by atoms with van der Waals surface area (Å²) in [5.41, 5.74) is 0. The van der Waals surface area contributed by atoms with Crippen molar-refractivity contribution in [2.75, 3.05) is 25.4 Å². The number of aliphatic carboxylic acids is 1. The summed E-state index contributed by atoms with van der Waals surface area (Å²) in [6.45, 7) is 1.03. The normalized spacial score (nSPS) is 24.0. The maximum absolute atomic E-state index is 12.3. The van der Waals surface area contributed by atoms with Crippen molar-refractivity contribution < 1.29 is 24.3 Å². The number of hydrogen-bond donors (Lipinski definition) is 5. The third-order valence-corrected chi connectivity index (χ3v) is 4.83. The van der Waals surface area contributed by atoms with E-state index in [0.717, 1.165) is 19.4 Å². The molecule has 0 aromatic heterocycles. The molecule has 2 heterocycles. The lowest BCUT2D eigenvalue weighted by molar-refractivity contribution is -0.143. The number of rotatable bonds is 7. The van der Waals surface area contributed by atoms with Crippen LogP contribution in [-0.2, 0) is 19.2 Å². The molecule has 0 saturated carbocycles. The molecule has 0 aromatic rings. The van der Waals surface area contributed by atoms with Crippen molar-refractivity contribution in [3.05, 3.63) is 0 Å². The van der Waals surface area contributed by atoms with E-state index in [2.05, 4.69) is 28.6 Å². The highest BCUT2D eigenvalue weighted by Crippen LogP contribution is 2.17. The van der Waals surface area contributed by atoms with Crippen LogP contribution in [0.3, 0.4) is 0 Å². The molecule has 25 heavy (non-hydrogen) atoms. The number of likely N-dealkylation sites (tertiary alicyclic amines) is 1. The van der Waals surface area contributed by atoms with E-state index in [1.807, 2.05) is 0 Å². The van der Waals surface area contributed by atoms with Gasteiger partial charge in [0.2, 0.25) is 17.7 Å². The van der Waals surface area contributed by atoms with Crippen LogP contribution in [0.1, 0.15) is 25.7 Å². The molecule has 2 rings (SSSR count). The van der Waals surface area contributed by atoms with E-state index in [1.165, 1.54) is 4.90 Å². The quantitative estimate of drug-likeness (QED) is 0.341. The van der Waals surface area contributed by atoms with Gasteiger partial charge in [-0.3, -0.25) is 14.4 Å². The van der Waals surface area contributed by atoms with E-state index in [1.54, 1.807) is 0 Å². The second kappa shape index (κ2) is 9.04. The Balaban J connectivity index is 1.86. The highest BCUT2D eigenvalue weighted by molar-refractivity contribution is 7.80. The lowest BCUT2D eigenvalue weighted by atomic mass is 10.2. The fourth-order valence-electron chi connectivity index (χ4n) is 3.09. The van der Waals surface area contributed by atoms with Gasteiger partial charge in [0.15, 0.2) is 0 Å². The van der Waals surface area contributed by atoms with Crippen molar-refractivity contribution in [2.24, 2.45) is 0 Å². The maximum atomic E-state index is 12.3. The Morgan fingerprint density at radius 3 is 2.56 bits per heavy atom. The number of carboxylic acid groups (broad SMARTS) is 1. The molecule has 2 saturated heterocycles. The van der Waals surface area contributed by atoms with Crippen molar-refractivity contribution >= 4 is 36.3 Å². The Kier molecular flexibility index (Phi) is 7.06. The molecule has 3 atom stereocenters. The van der Waals surface area contributed by atoms with Crippen LogP contribution in [0.2, 0.25) is 0 Å². The van der Waals surface area contributed by atoms with E-state index >= 15 is 0 Å². The van der Waals surface area contributed by atoms with Crippen LogP contribution in [0.25, 0.3) is 0 Å². The maximum Gasteiger partial charge on any atom is 0.327 e. The number of nitrogens with one attached hydrogen (secondary N) is 3. The Morgan fingerprint density at radius 2 is 1.96 bits per heavy atom. The van der Waals surface area contributed by atoms with Crippen LogP contribution in [0.4, 0.5) is 0 Å². The second-order valence-electron chi connectivity index (χ2n) is 6.19. The molecule has 0 bridgehead atoms. The minimum absolute atomic E-state index is 0.0355. The monoisotopic (exact) mass is 372 g/mol. The molecule has 3 amide bonds. The van der Waals surface area contributed by atoms with Crippen LogP contribution in [-0.4, -0.2) is 77.2 Å². The third-order valence-electron chi connectivity index (χ3n) is 4.46. The topological polar surface area (TPSA) is 128 Å². The van der Waals surface area contributed by atoms with E-state index < -0.39 is 24.0 Å². The summed E-state index contributed by atoms with van der Waals surface area (Å²) in [4.78, 5) is 49.0. The molecule has 0 aromatic carbocycles. The third kappa shape index (κ3) is 5.08.